The van der Waals surface area contributed by atoms with Gasteiger partial charge in [0.25, 0.3) is 0 Å². The van der Waals surface area contributed by atoms with E-state index < -0.39 is 0 Å². The van der Waals surface area contributed by atoms with Crippen LogP contribution in [0.3, 0.4) is 0 Å². The topological polar surface area (TPSA) is 52.7 Å². The van der Waals surface area contributed by atoms with Crippen LogP contribution >= 0.6 is 11.9 Å². The van der Waals surface area contributed by atoms with Crippen LogP contribution in [0.4, 0.5) is 4.39 Å². The van der Waals surface area contributed by atoms with E-state index in [1.807, 2.05) is 19.1 Å². The highest BCUT2D eigenvalue weighted by molar-refractivity contribution is 7.93. The molecule has 0 aromatic heterocycles. The molecule has 3 aliphatic rings. The van der Waals surface area contributed by atoms with Gasteiger partial charge in [-0.15, -0.1) is 4.40 Å². The monoisotopic (exact) mass is 476 g/mol. The molecule has 1 heterocycles. The first-order valence-electron chi connectivity index (χ1n) is 11.9. The number of benzene rings is 3. The maximum Gasteiger partial charge on any atom is 0.347 e. The molecule has 0 saturated heterocycles. The van der Waals surface area contributed by atoms with Gasteiger partial charge in [-0.1, -0.05) is 30.3 Å². The van der Waals surface area contributed by atoms with Crippen molar-refractivity contribution in [3.8, 4) is 22.6 Å². The molecule has 1 saturated carbocycles. The summed E-state index contributed by atoms with van der Waals surface area (Å²) < 4.78 is 29.3. The molecule has 2 unspecified atom stereocenters. The molecule has 3 aromatic rings. The Bertz CT molecular complexity index is 1280. The van der Waals surface area contributed by atoms with Crippen molar-refractivity contribution >= 4 is 17.8 Å². The summed E-state index contributed by atoms with van der Waals surface area (Å²) in [6.07, 6.45) is 3.77. The van der Waals surface area contributed by atoms with Crippen molar-refractivity contribution in [2.24, 2.45) is 0 Å². The van der Waals surface area contributed by atoms with Crippen LogP contribution in [0.25, 0.3) is 11.1 Å². The number of rotatable bonds is 6. The average Bonchev–Trinajstić information content (AvgIpc) is 3.14. The lowest BCUT2D eigenvalue weighted by molar-refractivity contribution is -0.255. The van der Waals surface area contributed by atoms with Crippen LogP contribution in [-0.2, 0) is 11.8 Å². The Kier molecular flexibility index (Phi) is 5.29. The fourth-order valence-electron chi connectivity index (χ4n) is 5.53. The maximum absolute atomic E-state index is 14.1. The van der Waals surface area contributed by atoms with E-state index in [2.05, 4.69) is 34.7 Å². The van der Waals surface area contributed by atoms with Gasteiger partial charge in [0.05, 0.1) is 13.0 Å². The van der Waals surface area contributed by atoms with Crippen molar-refractivity contribution in [1.29, 1.82) is 0 Å². The van der Waals surface area contributed by atoms with E-state index in [4.69, 9.17) is 9.47 Å². The van der Waals surface area contributed by atoms with Gasteiger partial charge in [0.15, 0.2) is 11.9 Å². The number of hydrogen-bond acceptors (Lipinski definition) is 3. The summed E-state index contributed by atoms with van der Waals surface area (Å²) in [6, 6.07) is 19.4. The standard InChI is InChI=1S/C28H26FNO3S/c1-2-32-24-11-8-18(29)14-22(24)20-4-3-5-23-21(20)12-13-28(23)16-26(28)33-19-9-6-17(7-10-19)25-15-27(31)30-34-25/h3-11,14,25-26H,2,12-13,15-16H2,1H3,(H,30,31)/p+1/t25?,26?,28-/m0/s1. The van der Waals surface area contributed by atoms with Gasteiger partial charge in [0.2, 0.25) is 0 Å². The van der Waals surface area contributed by atoms with Crippen molar-refractivity contribution in [2.75, 3.05) is 6.61 Å². The Labute approximate surface area is 203 Å². The van der Waals surface area contributed by atoms with Crippen molar-refractivity contribution in [1.82, 2.24) is 0 Å². The van der Waals surface area contributed by atoms with Crippen LogP contribution < -0.4 is 13.9 Å². The van der Waals surface area contributed by atoms with E-state index in [0.29, 0.717) is 18.9 Å². The second kappa shape index (κ2) is 8.35. The zero-order chi connectivity index (χ0) is 23.3. The molecule has 0 radical (unpaired) electrons. The summed E-state index contributed by atoms with van der Waals surface area (Å²) in [4.78, 5) is 0. The quantitative estimate of drug-likeness (QED) is 0.489. The lowest BCUT2D eigenvalue weighted by Gasteiger charge is -2.16. The summed E-state index contributed by atoms with van der Waals surface area (Å²) in [5, 5.41) is 9.85. The first-order valence-corrected chi connectivity index (χ1v) is 12.7. The minimum atomic E-state index is -0.250. The fraction of sp³-hybridized carbons (Fsp3) is 0.321. The van der Waals surface area contributed by atoms with Gasteiger partial charge >= 0.3 is 5.90 Å². The van der Waals surface area contributed by atoms with E-state index in [9.17, 15) is 9.50 Å². The summed E-state index contributed by atoms with van der Waals surface area (Å²) in [5.74, 6) is 1.69. The lowest BCUT2D eigenvalue weighted by Crippen LogP contribution is -2.60. The van der Waals surface area contributed by atoms with Gasteiger partial charge in [0, 0.05) is 11.0 Å². The third-order valence-electron chi connectivity index (χ3n) is 7.30. The number of fused-ring (bicyclic) bond motifs is 2. The molecule has 0 amide bonds. The third-order valence-corrected chi connectivity index (χ3v) is 8.38. The Morgan fingerprint density at radius 2 is 1.97 bits per heavy atom. The van der Waals surface area contributed by atoms with Gasteiger partial charge < -0.3 is 14.6 Å². The molecule has 6 heteroatoms. The van der Waals surface area contributed by atoms with Crippen LogP contribution in [-0.4, -0.2) is 23.7 Å². The molecule has 1 fully saturated rings. The molecular formula is C28H27FNO3S+. The summed E-state index contributed by atoms with van der Waals surface area (Å²) in [5.41, 5.74) is 5.72. The smallest absolute Gasteiger partial charge is 0.347 e. The normalized spacial score (nSPS) is 24.7. The number of halogens is 1. The van der Waals surface area contributed by atoms with Gasteiger partial charge in [-0.2, -0.15) is 0 Å². The van der Waals surface area contributed by atoms with E-state index in [-0.39, 0.29) is 22.6 Å². The minimum Gasteiger partial charge on any atom is -0.493 e. The molecule has 6 rings (SSSR count). The van der Waals surface area contributed by atoms with E-state index >= 15 is 0 Å². The molecule has 1 aliphatic heterocycles. The second-order valence-corrected chi connectivity index (χ2v) is 10.3. The van der Waals surface area contributed by atoms with Gasteiger partial charge in [-0.05, 0) is 78.8 Å². The highest BCUT2D eigenvalue weighted by Crippen LogP contribution is 2.59. The van der Waals surface area contributed by atoms with Crippen LogP contribution in [0, 0.1) is 5.82 Å². The van der Waals surface area contributed by atoms with Gasteiger partial charge in [0.1, 0.15) is 28.7 Å². The molecule has 1 spiro atoms. The molecular weight excluding hydrogens is 449 g/mol. The maximum atomic E-state index is 14.1. The Morgan fingerprint density at radius 1 is 1.12 bits per heavy atom. The van der Waals surface area contributed by atoms with Crippen LogP contribution in [0.15, 0.2) is 60.7 Å². The Morgan fingerprint density at radius 3 is 2.74 bits per heavy atom. The molecule has 2 N–H and O–H groups in total. The third kappa shape index (κ3) is 3.65. The first kappa shape index (κ1) is 21.5. The highest BCUT2D eigenvalue weighted by Gasteiger charge is 2.60. The SMILES string of the molecule is CCOc1ccc(F)cc1-c1cccc2c1CC[C@]21CC1Oc1ccc(C2CC(O)=[NH+]S2)cc1. The van der Waals surface area contributed by atoms with Gasteiger partial charge in [-0.3, -0.25) is 0 Å². The molecule has 0 bridgehead atoms. The summed E-state index contributed by atoms with van der Waals surface area (Å²) in [6.45, 7) is 2.49. The lowest BCUT2D eigenvalue weighted by atomic mass is 9.92. The van der Waals surface area contributed by atoms with Crippen molar-refractivity contribution in [3.63, 3.8) is 0 Å². The second-order valence-electron chi connectivity index (χ2n) is 9.30. The van der Waals surface area contributed by atoms with E-state index in [1.165, 1.54) is 34.7 Å². The van der Waals surface area contributed by atoms with Crippen LogP contribution in [0.5, 0.6) is 11.5 Å². The number of hydrogen-bond donors (Lipinski definition) is 2. The van der Waals surface area contributed by atoms with Crippen molar-refractivity contribution in [2.45, 2.75) is 49.4 Å². The van der Waals surface area contributed by atoms with Crippen molar-refractivity contribution in [3.05, 3.63) is 83.2 Å². The number of aliphatic hydroxyl groups is 1. The summed E-state index contributed by atoms with van der Waals surface area (Å²) >= 11 is 1.54. The Balaban J connectivity index is 1.23. The molecule has 34 heavy (non-hydrogen) atoms. The van der Waals surface area contributed by atoms with E-state index in [0.717, 1.165) is 41.9 Å². The average molecular weight is 477 g/mol. The van der Waals surface area contributed by atoms with Crippen molar-refractivity contribution < 1.29 is 23.4 Å². The van der Waals surface area contributed by atoms with Gasteiger partial charge in [-0.25, -0.2) is 4.39 Å². The number of nitrogens with one attached hydrogen (secondary N) is 1. The predicted octanol–water partition coefficient (Wildman–Crippen LogP) is 5.06. The highest BCUT2D eigenvalue weighted by atomic mass is 32.2. The zero-order valence-electron chi connectivity index (χ0n) is 19.0. The molecule has 174 valence electrons. The first-order chi connectivity index (χ1) is 16.6. The van der Waals surface area contributed by atoms with Crippen LogP contribution in [0.2, 0.25) is 0 Å². The minimum absolute atomic E-state index is 0.0368. The number of aliphatic hydroxyl groups excluding tert-OH is 1. The molecule has 3 atom stereocenters. The number of ether oxygens (including phenoxy) is 2. The molecule has 2 aliphatic carbocycles. The molecule has 4 nitrogen and oxygen atoms in total. The summed E-state index contributed by atoms with van der Waals surface area (Å²) in [7, 11) is 0. The zero-order valence-corrected chi connectivity index (χ0v) is 19.8. The van der Waals surface area contributed by atoms with Crippen LogP contribution in [0.1, 0.15) is 48.1 Å². The Hall–Kier alpha value is -2.99. The fourth-order valence-corrected chi connectivity index (χ4v) is 6.43. The van der Waals surface area contributed by atoms with E-state index in [1.54, 1.807) is 12.1 Å². The molecule has 3 aromatic carbocycles. The largest absolute Gasteiger partial charge is 0.493 e. The predicted molar refractivity (Wildman–Crippen MR) is 132 cm³/mol.